The smallest absolute Gasteiger partial charge is 0.311 e. The average molecular weight is 370 g/mol. The Morgan fingerprint density at radius 2 is 2.00 bits per heavy atom. The van der Waals surface area contributed by atoms with Crippen molar-refractivity contribution in [3.63, 3.8) is 0 Å². The van der Waals surface area contributed by atoms with E-state index in [-0.39, 0.29) is 25.5 Å². The van der Waals surface area contributed by atoms with E-state index in [1.165, 1.54) is 6.26 Å². The van der Waals surface area contributed by atoms with Gasteiger partial charge in [0.05, 0.1) is 18.7 Å². The van der Waals surface area contributed by atoms with E-state index in [1.807, 2.05) is 32.0 Å². The first kappa shape index (κ1) is 18.7. The minimum absolute atomic E-state index is 0.0816. The highest BCUT2D eigenvalue weighted by Gasteiger charge is 2.35. The molecule has 0 aliphatic carbocycles. The summed E-state index contributed by atoms with van der Waals surface area (Å²) in [4.78, 5) is 37.8. The van der Waals surface area contributed by atoms with Crippen LogP contribution in [0.1, 0.15) is 23.3 Å². The molecule has 0 radical (unpaired) electrons. The largest absolute Gasteiger partial charge is 0.467 e. The molecule has 2 heterocycles. The summed E-state index contributed by atoms with van der Waals surface area (Å²) >= 11 is 0. The van der Waals surface area contributed by atoms with E-state index in [0.29, 0.717) is 18.0 Å². The van der Waals surface area contributed by atoms with E-state index in [4.69, 9.17) is 9.15 Å². The van der Waals surface area contributed by atoms with Crippen molar-refractivity contribution < 1.29 is 23.5 Å². The number of carbonyl (C=O) groups excluding carboxylic acids is 3. The van der Waals surface area contributed by atoms with Gasteiger partial charge in [0.2, 0.25) is 5.91 Å². The first-order valence-electron chi connectivity index (χ1n) is 8.75. The number of hydrogen-bond donors (Lipinski definition) is 1. The quantitative estimate of drug-likeness (QED) is 0.789. The fraction of sp³-hybridized carbons (Fsp3) is 0.350. The van der Waals surface area contributed by atoms with Crippen molar-refractivity contribution in [3.05, 3.63) is 53.5 Å². The molecule has 2 amide bonds. The van der Waals surface area contributed by atoms with Crippen LogP contribution in [0.5, 0.6) is 0 Å². The Balaban J connectivity index is 1.47. The summed E-state index contributed by atoms with van der Waals surface area (Å²) in [6.45, 7) is 4.08. The number of hydrogen-bond acceptors (Lipinski definition) is 5. The Labute approximate surface area is 157 Å². The summed E-state index contributed by atoms with van der Waals surface area (Å²) in [5.74, 6) is -0.995. The minimum Gasteiger partial charge on any atom is -0.467 e. The molecule has 2 aromatic rings. The van der Waals surface area contributed by atoms with E-state index >= 15 is 0 Å². The second kappa shape index (κ2) is 8.07. The number of anilines is 1. The van der Waals surface area contributed by atoms with Crippen LogP contribution in [0.15, 0.2) is 41.0 Å². The summed E-state index contributed by atoms with van der Waals surface area (Å²) in [6, 6.07) is 9.21. The molecule has 142 valence electrons. The standard InChI is InChI=1S/C20H22N2O5/c1-13-6-14(2)8-16(7-13)21-18(23)12-27-20(25)15-9-19(24)22(10-15)11-17-4-3-5-26-17/h3-8,15H,9-12H2,1-2H3,(H,21,23)/t15-/m0/s1. The highest BCUT2D eigenvalue weighted by molar-refractivity contribution is 5.93. The number of nitrogens with zero attached hydrogens (tertiary/aromatic N) is 1. The molecule has 27 heavy (non-hydrogen) atoms. The van der Waals surface area contributed by atoms with Crippen molar-refractivity contribution in [2.45, 2.75) is 26.8 Å². The maximum absolute atomic E-state index is 12.2. The topological polar surface area (TPSA) is 88.8 Å². The molecule has 0 bridgehead atoms. The number of rotatable bonds is 6. The maximum atomic E-state index is 12.2. The number of ether oxygens (including phenoxy) is 1. The number of carbonyl (C=O) groups is 3. The molecular formula is C20H22N2O5. The van der Waals surface area contributed by atoms with Crippen molar-refractivity contribution >= 4 is 23.5 Å². The van der Waals surface area contributed by atoms with Gasteiger partial charge in [-0.15, -0.1) is 0 Å². The Kier molecular flexibility index (Phi) is 5.59. The molecule has 7 heteroatoms. The van der Waals surface area contributed by atoms with E-state index < -0.39 is 17.8 Å². The second-order valence-corrected chi connectivity index (χ2v) is 6.79. The number of furan rings is 1. The Bertz CT molecular complexity index is 824. The van der Waals surface area contributed by atoms with Crippen molar-refractivity contribution in [2.75, 3.05) is 18.5 Å². The van der Waals surface area contributed by atoms with Gasteiger partial charge < -0.3 is 19.4 Å². The molecule has 1 fully saturated rings. The predicted octanol–water partition coefficient (Wildman–Crippen LogP) is 2.43. The van der Waals surface area contributed by atoms with Crippen LogP contribution < -0.4 is 5.32 Å². The Morgan fingerprint density at radius 3 is 2.67 bits per heavy atom. The number of amides is 2. The molecule has 1 saturated heterocycles. The molecule has 1 aliphatic rings. The summed E-state index contributed by atoms with van der Waals surface area (Å²) in [5.41, 5.74) is 2.72. The maximum Gasteiger partial charge on any atom is 0.311 e. The molecule has 1 N–H and O–H groups in total. The summed E-state index contributed by atoms with van der Waals surface area (Å²) in [5, 5.41) is 2.71. The monoisotopic (exact) mass is 370 g/mol. The van der Waals surface area contributed by atoms with Gasteiger partial charge in [-0.1, -0.05) is 6.07 Å². The van der Waals surface area contributed by atoms with Crippen LogP contribution in [0.4, 0.5) is 5.69 Å². The predicted molar refractivity (Wildman–Crippen MR) is 97.7 cm³/mol. The molecular weight excluding hydrogens is 348 g/mol. The SMILES string of the molecule is Cc1cc(C)cc(NC(=O)COC(=O)[C@H]2CC(=O)N(Cc3ccco3)C2)c1. The van der Waals surface area contributed by atoms with Crippen LogP contribution in [0, 0.1) is 19.8 Å². The number of esters is 1. The third-order valence-corrected chi connectivity index (χ3v) is 4.33. The molecule has 0 unspecified atom stereocenters. The number of likely N-dealkylation sites (tertiary alicyclic amines) is 1. The number of nitrogens with one attached hydrogen (secondary N) is 1. The molecule has 1 aromatic heterocycles. The molecule has 0 saturated carbocycles. The van der Waals surface area contributed by atoms with Gasteiger partial charge in [-0.2, -0.15) is 0 Å². The van der Waals surface area contributed by atoms with Crippen LogP contribution in [0.25, 0.3) is 0 Å². The minimum atomic E-state index is -0.568. The Morgan fingerprint density at radius 1 is 1.26 bits per heavy atom. The van der Waals surface area contributed by atoms with Gasteiger partial charge in [0, 0.05) is 18.7 Å². The van der Waals surface area contributed by atoms with Crippen molar-refractivity contribution in [1.82, 2.24) is 4.90 Å². The van der Waals surface area contributed by atoms with Crippen LogP contribution in [-0.4, -0.2) is 35.8 Å². The fourth-order valence-electron chi connectivity index (χ4n) is 3.17. The van der Waals surface area contributed by atoms with E-state index in [1.54, 1.807) is 17.0 Å². The first-order chi connectivity index (χ1) is 12.9. The van der Waals surface area contributed by atoms with Crippen LogP contribution >= 0.6 is 0 Å². The molecule has 1 atom stereocenters. The van der Waals surface area contributed by atoms with Gasteiger partial charge in [-0.25, -0.2) is 0 Å². The summed E-state index contributed by atoms with van der Waals surface area (Å²) in [6.07, 6.45) is 1.62. The molecule has 3 rings (SSSR count). The van der Waals surface area contributed by atoms with E-state index in [0.717, 1.165) is 11.1 Å². The second-order valence-electron chi connectivity index (χ2n) is 6.79. The van der Waals surface area contributed by atoms with Gasteiger partial charge in [0.1, 0.15) is 5.76 Å². The van der Waals surface area contributed by atoms with Crippen LogP contribution in [0.2, 0.25) is 0 Å². The van der Waals surface area contributed by atoms with Gasteiger partial charge in [-0.3, -0.25) is 14.4 Å². The van der Waals surface area contributed by atoms with E-state index in [9.17, 15) is 14.4 Å². The van der Waals surface area contributed by atoms with Crippen molar-refractivity contribution in [1.29, 1.82) is 0 Å². The lowest BCUT2D eigenvalue weighted by molar-refractivity contribution is -0.151. The molecule has 1 aliphatic heterocycles. The lowest BCUT2D eigenvalue weighted by atomic mass is 10.1. The third kappa shape index (κ3) is 4.97. The average Bonchev–Trinajstić information content (AvgIpc) is 3.22. The highest BCUT2D eigenvalue weighted by atomic mass is 16.5. The lowest BCUT2D eigenvalue weighted by Gasteiger charge is -2.14. The normalized spacial score (nSPS) is 16.4. The van der Waals surface area contributed by atoms with Gasteiger partial charge in [0.15, 0.2) is 6.61 Å². The van der Waals surface area contributed by atoms with Crippen molar-refractivity contribution in [3.8, 4) is 0 Å². The first-order valence-corrected chi connectivity index (χ1v) is 8.75. The highest BCUT2D eigenvalue weighted by Crippen LogP contribution is 2.21. The van der Waals surface area contributed by atoms with Gasteiger partial charge >= 0.3 is 5.97 Å². The number of benzene rings is 1. The van der Waals surface area contributed by atoms with Crippen LogP contribution in [0.3, 0.4) is 0 Å². The third-order valence-electron chi connectivity index (χ3n) is 4.33. The summed E-state index contributed by atoms with van der Waals surface area (Å²) < 4.78 is 10.3. The molecule has 7 nitrogen and oxygen atoms in total. The van der Waals surface area contributed by atoms with Gasteiger partial charge in [-0.05, 0) is 49.2 Å². The zero-order valence-corrected chi connectivity index (χ0v) is 15.4. The number of aryl methyl sites for hydroxylation is 2. The zero-order chi connectivity index (χ0) is 19.4. The fourth-order valence-corrected chi connectivity index (χ4v) is 3.17. The van der Waals surface area contributed by atoms with E-state index in [2.05, 4.69) is 5.32 Å². The lowest BCUT2D eigenvalue weighted by Crippen LogP contribution is -2.28. The van der Waals surface area contributed by atoms with Gasteiger partial charge in [0.25, 0.3) is 5.91 Å². The van der Waals surface area contributed by atoms with Crippen LogP contribution in [-0.2, 0) is 25.7 Å². The molecule has 1 aromatic carbocycles. The molecule has 0 spiro atoms. The summed E-state index contributed by atoms with van der Waals surface area (Å²) in [7, 11) is 0. The zero-order valence-electron chi connectivity index (χ0n) is 15.4. The van der Waals surface area contributed by atoms with Crippen molar-refractivity contribution in [2.24, 2.45) is 5.92 Å². The Hall–Kier alpha value is -3.09.